The zero-order valence-corrected chi connectivity index (χ0v) is 11.4. The second-order valence-electron chi connectivity index (χ2n) is 4.43. The molecule has 4 heteroatoms. The summed E-state index contributed by atoms with van der Waals surface area (Å²) in [6.07, 6.45) is 0. The van der Waals surface area contributed by atoms with Crippen LogP contribution in [0.1, 0.15) is 21.5 Å². The first-order valence-corrected chi connectivity index (χ1v) is 6.20. The minimum absolute atomic E-state index is 0.0869. The fourth-order valence-corrected chi connectivity index (χ4v) is 1.69. The highest BCUT2D eigenvalue weighted by Gasteiger charge is 2.09. The van der Waals surface area contributed by atoms with Crippen LogP contribution in [0.15, 0.2) is 42.5 Å². The molecule has 0 bridgehead atoms. The third kappa shape index (κ3) is 3.29. The Labute approximate surface area is 117 Å². The minimum atomic E-state index is -0.462. The van der Waals surface area contributed by atoms with Crippen LogP contribution in [0.3, 0.4) is 0 Å². The van der Waals surface area contributed by atoms with Gasteiger partial charge in [0.1, 0.15) is 18.1 Å². The Morgan fingerprint density at radius 2 is 1.85 bits per heavy atom. The Kier molecular flexibility index (Phi) is 4.25. The molecule has 0 unspecified atom stereocenters. The van der Waals surface area contributed by atoms with Crippen molar-refractivity contribution in [3.05, 3.63) is 59.2 Å². The molecule has 0 aliphatic heterocycles. The van der Waals surface area contributed by atoms with Gasteiger partial charge in [-0.1, -0.05) is 18.2 Å². The van der Waals surface area contributed by atoms with Crippen LogP contribution in [0.2, 0.25) is 0 Å². The van der Waals surface area contributed by atoms with Crippen LogP contribution in [0.4, 0.5) is 0 Å². The molecule has 0 aliphatic carbocycles. The number of ether oxygens (including phenoxy) is 2. The van der Waals surface area contributed by atoms with E-state index in [0.717, 1.165) is 16.9 Å². The van der Waals surface area contributed by atoms with E-state index in [1.165, 1.54) is 6.07 Å². The van der Waals surface area contributed by atoms with Crippen molar-refractivity contribution < 1.29 is 19.4 Å². The van der Waals surface area contributed by atoms with Gasteiger partial charge in [-0.15, -0.1) is 0 Å². The first kappa shape index (κ1) is 13.9. The summed E-state index contributed by atoms with van der Waals surface area (Å²) in [7, 11) is 1.60. The molecule has 2 aromatic rings. The number of hydrogen-bond donors (Lipinski definition) is 1. The minimum Gasteiger partial charge on any atom is -0.508 e. The zero-order chi connectivity index (χ0) is 14.5. The molecule has 0 heterocycles. The Morgan fingerprint density at radius 1 is 1.15 bits per heavy atom. The molecule has 0 saturated heterocycles. The summed E-state index contributed by atoms with van der Waals surface area (Å²) < 4.78 is 10.2. The summed E-state index contributed by atoms with van der Waals surface area (Å²) in [5.41, 5.74) is 1.92. The van der Waals surface area contributed by atoms with Crippen LogP contribution >= 0.6 is 0 Å². The summed E-state index contributed by atoms with van der Waals surface area (Å²) in [6, 6.07) is 12.0. The SMILES string of the molecule is COc1ccc(COC(=O)c2ccc(C)c(O)c2)cc1. The highest BCUT2D eigenvalue weighted by atomic mass is 16.5. The second kappa shape index (κ2) is 6.10. The molecule has 104 valence electrons. The smallest absolute Gasteiger partial charge is 0.338 e. The lowest BCUT2D eigenvalue weighted by Gasteiger charge is -2.07. The van der Waals surface area contributed by atoms with Crippen LogP contribution in [-0.4, -0.2) is 18.2 Å². The van der Waals surface area contributed by atoms with Gasteiger partial charge in [0.25, 0.3) is 0 Å². The van der Waals surface area contributed by atoms with Crippen molar-refractivity contribution in [3.8, 4) is 11.5 Å². The molecular formula is C16H16O4. The van der Waals surface area contributed by atoms with Crippen LogP contribution in [-0.2, 0) is 11.3 Å². The van der Waals surface area contributed by atoms with Gasteiger partial charge in [0.15, 0.2) is 0 Å². The summed E-state index contributed by atoms with van der Waals surface area (Å²) in [6.45, 7) is 1.94. The molecule has 4 nitrogen and oxygen atoms in total. The molecule has 2 aromatic carbocycles. The first-order valence-electron chi connectivity index (χ1n) is 6.20. The molecule has 0 saturated carbocycles. The van der Waals surface area contributed by atoms with Gasteiger partial charge in [-0.3, -0.25) is 0 Å². The molecule has 20 heavy (non-hydrogen) atoms. The van der Waals surface area contributed by atoms with Gasteiger partial charge in [-0.25, -0.2) is 4.79 Å². The van der Waals surface area contributed by atoms with E-state index in [9.17, 15) is 9.90 Å². The van der Waals surface area contributed by atoms with Crippen molar-refractivity contribution >= 4 is 5.97 Å². The van der Waals surface area contributed by atoms with Crippen molar-refractivity contribution in [1.29, 1.82) is 0 Å². The van der Waals surface area contributed by atoms with Gasteiger partial charge in [0.05, 0.1) is 12.7 Å². The van der Waals surface area contributed by atoms with Gasteiger partial charge in [-0.2, -0.15) is 0 Å². The van der Waals surface area contributed by atoms with Gasteiger partial charge < -0.3 is 14.6 Å². The number of hydrogen-bond acceptors (Lipinski definition) is 4. The number of phenols is 1. The van der Waals surface area contributed by atoms with Crippen LogP contribution in [0.25, 0.3) is 0 Å². The maximum absolute atomic E-state index is 11.8. The van der Waals surface area contributed by atoms with Crippen LogP contribution in [0, 0.1) is 6.92 Å². The van der Waals surface area contributed by atoms with Gasteiger partial charge >= 0.3 is 5.97 Å². The Morgan fingerprint density at radius 3 is 2.45 bits per heavy atom. The van der Waals surface area contributed by atoms with Crippen molar-refractivity contribution in [3.63, 3.8) is 0 Å². The maximum atomic E-state index is 11.8. The summed E-state index contributed by atoms with van der Waals surface area (Å²) in [4.78, 5) is 11.8. The van der Waals surface area contributed by atoms with Crippen LogP contribution in [0.5, 0.6) is 11.5 Å². The van der Waals surface area contributed by atoms with E-state index in [0.29, 0.717) is 5.56 Å². The second-order valence-corrected chi connectivity index (χ2v) is 4.43. The van der Waals surface area contributed by atoms with E-state index in [1.807, 2.05) is 12.1 Å². The Bertz CT molecular complexity index is 602. The average molecular weight is 272 g/mol. The summed E-state index contributed by atoms with van der Waals surface area (Å²) >= 11 is 0. The van der Waals surface area contributed by atoms with Crippen molar-refractivity contribution in [2.45, 2.75) is 13.5 Å². The van der Waals surface area contributed by atoms with Crippen molar-refractivity contribution in [2.24, 2.45) is 0 Å². The number of carbonyl (C=O) groups is 1. The molecule has 0 radical (unpaired) electrons. The highest BCUT2D eigenvalue weighted by Crippen LogP contribution is 2.18. The van der Waals surface area contributed by atoms with E-state index < -0.39 is 5.97 Å². The monoisotopic (exact) mass is 272 g/mol. The lowest BCUT2D eigenvalue weighted by Crippen LogP contribution is -2.05. The van der Waals surface area contributed by atoms with E-state index in [4.69, 9.17) is 9.47 Å². The molecule has 0 fully saturated rings. The quantitative estimate of drug-likeness (QED) is 0.869. The van der Waals surface area contributed by atoms with Gasteiger partial charge in [0.2, 0.25) is 0 Å². The third-order valence-corrected chi connectivity index (χ3v) is 2.97. The standard InChI is InChI=1S/C16H16O4/c1-11-3-6-13(9-15(11)17)16(18)20-10-12-4-7-14(19-2)8-5-12/h3-9,17H,10H2,1-2H3. The number of aromatic hydroxyl groups is 1. The molecule has 0 aliphatic rings. The number of phenolic OH excluding ortho intramolecular Hbond substituents is 1. The van der Waals surface area contributed by atoms with E-state index in [-0.39, 0.29) is 12.4 Å². The topological polar surface area (TPSA) is 55.8 Å². The lowest BCUT2D eigenvalue weighted by atomic mass is 10.1. The van der Waals surface area contributed by atoms with Gasteiger partial charge in [-0.05, 0) is 42.3 Å². The summed E-state index contributed by atoms with van der Waals surface area (Å²) in [5.74, 6) is 0.378. The Hall–Kier alpha value is -2.49. The maximum Gasteiger partial charge on any atom is 0.338 e. The number of aryl methyl sites for hydroxylation is 1. The number of esters is 1. The Balaban J connectivity index is 1.98. The number of carbonyl (C=O) groups excluding carboxylic acids is 1. The van der Waals surface area contributed by atoms with Crippen LogP contribution < -0.4 is 4.74 Å². The van der Waals surface area contributed by atoms with Gasteiger partial charge in [0, 0.05) is 0 Å². The molecule has 0 aromatic heterocycles. The molecule has 0 amide bonds. The van der Waals surface area contributed by atoms with Crippen molar-refractivity contribution in [2.75, 3.05) is 7.11 Å². The normalized spacial score (nSPS) is 10.1. The fraction of sp³-hybridized carbons (Fsp3) is 0.188. The third-order valence-electron chi connectivity index (χ3n) is 2.97. The number of methoxy groups -OCH3 is 1. The molecule has 2 rings (SSSR count). The van der Waals surface area contributed by atoms with E-state index in [2.05, 4.69) is 0 Å². The fourth-order valence-electron chi connectivity index (χ4n) is 1.69. The number of rotatable bonds is 4. The average Bonchev–Trinajstić information content (AvgIpc) is 2.48. The molecule has 0 spiro atoms. The van der Waals surface area contributed by atoms with E-state index in [1.54, 1.807) is 38.3 Å². The lowest BCUT2D eigenvalue weighted by molar-refractivity contribution is 0.0472. The first-order chi connectivity index (χ1) is 9.60. The van der Waals surface area contributed by atoms with Crippen molar-refractivity contribution in [1.82, 2.24) is 0 Å². The predicted molar refractivity (Wildman–Crippen MR) is 75.0 cm³/mol. The number of benzene rings is 2. The predicted octanol–water partition coefficient (Wildman–Crippen LogP) is 3.07. The molecule has 0 atom stereocenters. The summed E-state index contributed by atoms with van der Waals surface area (Å²) in [5, 5.41) is 9.57. The molecule has 1 N–H and O–H groups in total. The van der Waals surface area contributed by atoms with E-state index >= 15 is 0 Å². The molecular weight excluding hydrogens is 256 g/mol. The zero-order valence-electron chi connectivity index (χ0n) is 11.4. The largest absolute Gasteiger partial charge is 0.508 e. The highest BCUT2D eigenvalue weighted by molar-refractivity contribution is 5.90.